The third-order valence-electron chi connectivity index (χ3n) is 1.58. The van der Waals surface area contributed by atoms with E-state index >= 15 is 0 Å². The maximum absolute atomic E-state index is 8.14. The molecule has 64 valence electrons. The van der Waals surface area contributed by atoms with E-state index in [0.29, 0.717) is 16.9 Å². The molecule has 7 nitrogen and oxygen atoms in total. The van der Waals surface area contributed by atoms with Gasteiger partial charge < -0.3 is 4.98 Å². The number of azide groups is 1. The second kappa shape index (κ2) is 3.08. The quantitative estimate of drug-likeness (QED) is 0.420. The van der Waals surface area contributed by atoms with Crippen LogP contribution in [0.15, 0.2) is 17.8 Å². The highest BCUT2D eigenvalue weighted by Gasteiger charge is 2.03. The zero-order chi connectivity index (χ0) is 9.10. The Morgan fingerprint density at radius 1 is 1.46 bits per heavy atom. The van der Waals surface area contributed by atoms with Gasteiger partial charge in [-0.1, -0.05) is 5.11 Å². The van der Waals surface area contributed by atoms with Crippen molar-refractivity contribution in [2.75, 3.05) is 0 Å². The lowest BCUT2D eigenvalue weighted by Gasteiger charge is -1.93. The van der Waals surface area contributed by atoms with E-state index in [0.717, 1.165) is 0 Å². The molecule has 0 aliphatic rings. The van der Waals surface area contributed by atoms with E-state index in [-0.39, 0.29) is 6.54 Å². The van der Waals surface area contributed by atoms with Crippen LogP contribution in [0.5, 0.6) is 0 Å². The molecule has 7 heteroatoms. The van der Waals surface area contributed by atoms with Gasteiger partial charge >= 0.3 is 0 Å². The Balaban J connectivity index is 2.54. The molecule has 0 fully saturated rings. The van der Waals surface area contributed by atoms with Crippen LogP contribution in [0.1, 0.15) is 5.69 Å². The number of hydrogen-bond donors (Lipinski definition) is 1. The van der Waals surface area contributed by atoms with Gasteiger partial charge in [0.1, 0.15) is 11.8 Å². The summed E-state index contributed by atoms with van der Waals surface area (Å²) in [7, 11) is 0. The third-order valence-corrected chi connectivity index (χ3v) is 1.58. The lowest BCUT2D eigenvalue weighted by molar-refractivity contribution is 0.971. The van der Waals surface area contributed by atoms with E-state index in [2.05, 4.69) is 30.0 Å². The molecule has 13 heavy (non-hydrogen) atoms. The summed E-state index contributed by atoms with van der Waals surface area (Å²) in [5.74, 6) is 0. The minimum absolute atomic E-state index is 0.195. The van der Waals surface area contributed by atoms with Crippen molar-refractivity contribution in [1.29, 1.82) is 0 Å². The molecule has 0 amide bonds. The van der Waals surface area contributed by atoms with Gasteiger partial charge in [0.15, 0.2) is 5.65 Å². The van der Waals surface area contributed by atoms with E-state index < -0.39 is 0 Å². The van der Waals surface area contributed by atoms with E-state index in [1.54, 1.807) is 0 Å². The molecule has 0 aromatic carbocycles. The fraction of sp³-hybridized carbons (Fsp3) is 0.167. The van der Waals surface area contributed by atoms with Crippen molar-refractivity contribution < 1.29 is 0 Å². The van der Waals surface area contributed by atoms with Gasteiger partial charge in [0.2, 0.25) is 0 Å². The van der Waals surface area contributed by atoms with E-state index in [1.807, 2.05) is 0 Å². The molecular weight excluding hydrogens is 170 g/mol. The van der Waals surface area contributed by atoms with Crippen molar-refractivity contribution in [3.05, 3.63) is 28.8 Å². The molecule has 2 aromatic rings. The topological polar surface area (TPSA) is 103 Å². The summed E-state index contributed by atoms with van der Waals surface area (Å²) in [6.07, 6.45) is 2.93. The average Bonchev–Trinajstić information content (AvgIpc) is 2.62. The molecule has 0 saturated carbocycles. The number of nitrogens with zero attached hydrogens (tertiary/aromatic N) is 6. The molecule has 2 heterocycles. The van der Waals surface area contributed by atoms with Crippen LogP contribution >= 0.6 is 0 Å². The molecule has 0 bridgehead atoms. The summed E-state index contributed by atoms with van der Waals surface area (Å²) in [6.45, 7) is 0.195. The summed E-state index contributed by atoms with van der Waals surface area (Å²) in [6, 6.07) is 0. The summed E-state index contributed by atoms with van der Waals surface area (Å²) in [5.41, 5.74) is 10.1. The van der Waals surface area contributed by atoms with Gasteiger partial charge in [0.05, 0.1) is 18.6 Å². The Morgan fingerprint density at radius 3 is 3.23 bits per heavy atom. The third kappa shape index (κ3) is 1.27. The minimum Gasteiger partial charge on any atom is -0.329 e. The van der Waals surface area contributed by atoms with Crippen molar-refractivity contribution in [1.82, 2.24) is 19.9 Å². The maximum Gasteiger partial charge on any atom is 0.160 e. The lowest BCUT2D eigenvalue weighted by Crippen LogP contribution is -1.90. The highest BCUT2D eigenvalue weighted by atomic mass is 15.1. The van der Waals surface area contributed by atoms with Crippen molar-refractivity contribution in [2.45, 2.75) is 6.54 Å². The van der Waals surface area contributed by atoms with Crippen LogP contribution in [-0.2, 0) is 6.54 Å². The number of imidazole rings is 1. The first-order valence-corrected chi connectivity index (χ1v) is 3.55. The first-order valence-electron chi connectivity index (χ1n) is 3.55. The molecule has 0 radical (unpaired) electrons. The molecule has 0 aliphatic carbocycles. The van der Waals surface area contributed by atoms with Crippen LogP contribution in [0, 0.1) is 0 Å². The van der Waals surface area contributed by atoms with Crippen molar-refractivity contribution in [3.8, 4) is 0 Å². The zero-order valence-corrected chi connectivity index (χ0v) is 6.55. The first kappa shape index (κ1) is 7.51. The van der Waals surface area contributed by atoms with Crippen molar-refractivity contribution >= 4 is 11.2 Å². The summed E-state index contributed by atoms with van der Waals surface area (Å²) < 4.78 is 0. The van der Waals surface area contributed by atoms with Crippen LogP contribution in [0.25, 0.3) is 21.6 Å². The van der Waals surface area contributed by atoms with Gasteiger partial charge in [-0.3, -0.25) is 0 Å². The van der Waals surface area contributed by atoms with Crippen LogP contribution in [-0.4, -0.2) is 19.9 Å². The molecule has 2 aromatic heterocycles. The highest BCUT2D eigenvalue weighted by Crippen LogP contribution is 2.09. The normalized spacial score (nSPS) is 9.85. The average molecular weight is 175 g/mol. The largest absolute Gasteiger partial charge is 0.329 e. The Hall–Kier alpha value is -2.14. The van der Waals surface area contributed by atoms with Crippen LogP contribution in [0.4, 0.5) is 0 Å². The Labute approximate surface area is 72.5 Å². The number of nitrogens with one attached hydrogen (secondary N) is 1. The molecule has 0 unspecified atom stereocenters. The molecular formula is C6H5N7. The number of H-pyrrole nitrogens is 1. The van der Waals surface area contributed by atoms with E-state index in [9.17, 15) is 0 Å². The molecule has 2 rings (SSSR count). The number of fused-ring (bicyclic) bond motifs is 1. The van der Waals surface area contributed by atoms with Gasteiger partial charge in [0.25, 0.3) is 0 Å². The second-order valence-corrected chi connectivity index (χ2v) is 2.31. The molecule has 0 spiro atoms. The van der Waals surface area contributed by atoms with E-state index in [4.69, 9.17) is 5.53 Å². The number of rotatable bonds is 2. The Bertz CT molecular complexity index is 467. The standard InChI is InChI=1S/C6H5N7/c7-13-12-1-4-5-6(10-2-8-4)11-3-9-5/h2-3H,1H2,(H,8,9,10,11). The highest BCUT2D eigenvalue weighted by molar-refractivity contribution is 5.71. The summed E-state index contributed by atoms with van der Waals surface area (Å²) >= 11 is 0. The smallest absolute Gasteiger partial charge is 0.160 e. The van der Waals surface area contributed by atoms with Gasteiger partial charge in [-0.2, -0.15) is 0 Å². The molecule has 0 aliphatic heterocycles. The fourth-order valence-corrected chi connectivity index (χ4v) is 1.03. The van der Waals surface area contributed by atoms with Crippen LogP contribution in [0.2, 0.25) is 0 Å². The minimum atomic E-state index is 0.195. The number of aromatic nitrogens is 4. The lowest BCUT2D eigenvalue weighted by atomic mass is 10.3. The van der Waals surface area contributed by atoms with Crippen LogP contribution in [0.3, 0.4) is 0 Å². The predicted octanol–water partition coefficient (Wildman–Crippen LogP) is 1.16. The fourth-order valence-electron chi connectivity index (χ4n) is 1.03. The first-order chi connectivity index (χ1) is 6.42. The van der Waals surface area contributed by atoms with Gasteiger partial charge in [-0.05, 0) is 5.53 Å². The number of hydrogen-bond acceptors (Lipinski definition) is 4. The Kier molecular flexibility index (Phi) is 1.78. The van der Waals surface area contributed by atoms with Crippen LogP contribution < -0.4 is 0 Å². The van der Waals surface area contributed by atoms with Gasteiger partial charge in [0, 0.05) is 4.91 Å². The van der Waals surface area contributed by atoms with Crippen molar-refractivity contribution in [2.24, 2.45) is 5.11 Å². The van der Waals surface area contributed by atoms with Gasteiger partial charge in [-0.15, -0.1) is 0 Å². The molecule has 1 N–H and O–H groups in total. The summed E-state index contributed by atoms with van der Waals surface area (Å²) in [5, 5.41) is 3.41. The monoisotopic (exact) mass is 175 g/mol. The molecule has 0 saturated heterocycles. The molecule has 0 atom stereocenters. The predicted molar refractivity (Wildman–Crippen MR) is 44.5 cm³/mol. The zero-order valence-electron chi connectivity index (χ0n) is 6.55. The van der Waals surface area contributed by atoms with Crippen molar-refractivity contribution in [3.63, 3.8) is 0 Å². The second-order valence-electron chi connectivity index (χ2n) is 2.31. The van der Waals surface area contributed by atoms with Gasteiger partial charge in [-0.25, -0.2) is 15.0 Å². The summed E-state index contributed by atoms with van der Waals surface area (Å²) in [4.78, 5) is 17.4. The number of aromatic amines is 1. The van der Waals surface area contributed by atoms with E-state index in [1.165, 1.54) is 12.7 Å². The SMILES string of the molecule is [N-]=[N+]=NCc1ncnc2[nH]cnc12. The Morgan fingerprint density at radius 2 is 2.38 bits per heavy atom. The maximum atomic E-state index is 8.14.